The topological polar surface area (TPSA) is 25.2 Å². The maximum atomic E-state index is 10.1. The van der Waals surface area contributed by atoms with Crippen molar-refractivity contribution in [2.24, 2.45) is 0 Å². The van der Waals surface area contributed by atoms with Crippen molar-refractivity contribution in [2.45, 2.75) is 32.3 Å². The standard InChI is InChI=1S/C15H15BrClNO/c1-9-7-11-13(3-2-4-15(11)19)18(9)14-8-10(17)5-6-12(14)16/h5-8,15,19H,2-4H2,1H3. The summed E-state index contributed by atoms with van der Waals surface area (Å²) in [5.74, 6) is 0. The zero-order valence-electron chi connectivity index (χ0n) is 10.7. The minimum absolute atomic E-state index is 0.332. The van der Waals surface area contributed by atoms with Crippen molar-refractivity contribution < 1.29 is 5.11 Å². The largest absolute Gasteiger partial charge is 0.388 e. The number of halogens is 2. The number of hydrogen-bond donors (Lipinski definition) is 1. The van der Waals surface area contributed by atoms with Gasteiger partial charge in [-0.25, -0.2) is 0 Å². The molecule has 1 aromatic carbocycles. The van der Waals surface area contributed by atoms with Crippen LogP contribution in [0.15, 0.2) is 28.7 Å². The lowest BCUT2D eigenvalue weighted by atomic mass is 9.95. The maximum absolute atomic E-state index is 10.1. The first-order valence-corrected chi connectivity index (χ1v) is 7.59. The van der Waals surface area contributed by atoms with E-state index in [2.05, 4.69) is 33.5 Å². The van der Waals surface area contributed by atoms with E-state index in [1.165, 1.54) is 5.69 Å². The molecule has 3 rings (SSSR count). The first-order valence-electron chi connectivity index (χ1n) is 6.42. The van der Waals surface area contributed by atoms with Gasteiger partial charge >= 0.3 is 0 Å². The monoisotopic (exact) mass is 339 g/mol. The first kappa shape index (κ1) is 13.2. The summed E-state index contributed by atoms with van der Waals surface area (Å²) in [6.45, 7) is 2.07. The molecule has 19 heavy (non-hydrogen) atoms. The molecule has 4 heteroatoms. The van der Waals surface area contributed by atoms with Gasteiger partial charge < -0.3 is 9.67 Å². The number of aliphatic hydroxyl groups excluding tert-OH is 1. The number of benzene rings is 1. The van der Waals surface area contributed by atoms with Crippen LogP contribution < -0.4 is 0 Å². The zero-order chi connectivity index (χ0) is 13.6. The lowest BCUT2D eigenvalue weighted by Gasteiger charge is -2.21. The number of aliphatic hydroxyl groups is 1. The van der Waals surface area contributed by atoms with Crippen molar-refractivity contribution in [1.82, 2.24) is 4.57 Å². The van der Waals surface area contributed by atoms with Gasteiger partial charge in [0.15, 0.2) is 0 Å². The molecule has 1 N–H and O–H groups in total. The lowest BCUT2D eigenvalue weighted by Crippen LogP contribution is -2.11. The molecule has 1 atom stereocenters. The minimum atomic E-state index is -0.332. The number of aryl methyl sites for hydroxylation is 1. The van der Waals surface area contributed by atoms with E-state index in [1.54, 1.807) is 0 Å². The number of fused-ring (bicyclic) bond motifs is 1. The van der Waals surface area contributed by atoms with Gasteiger partial charge in [0.25, 0.3) is 0 Å². The molecule has 0 saturated heterocycles. The van der Waals surface area contributed by atoms with Gasteiger partial charge in [0, 0.05) is 26.4 Å². The van der Waals surface area contributed by atoms with Crippen molar-refractivity contribution in [3.8, 4) is 5.69 Å². The highest BCUT2D eigenvalue weighted by Gasteiger charge is 2.24. The molecule has 0 amide bonds. The zero-order valence-corrected chi connectivity index (χ0v) is 13.0. The molecule has 100 valence electrons. The molecular weight excluding hydrogens is 326 g/mol. The molecule has 2 aromatic rings. The SMILES string of the molecule is Cc1cc2c(n1-c1cc(Cl)ccc1Br)CCCC2O. The van der Waals surface area contributed by atoms with Crippen LogP contribution in [-0.4, -0.2) is 9.67 Å². The fourth-order valence-electron chi connectivity index (χ4n) is 2.87. The average molecular weight is 341 g/mol. The second-order valence-corrected chi connectivity index (χ2v) is 6.32. The minimum Gasteiger partial charge on any atom is -0.388 e. The Bertz CT molecular complexity index is 635. The van der Waals surface area contributed by atoms with E-state index in [0.29, 0.717) is 0 Å². The van der Waals surface area contributed by atoms with Crippen LogP contribution in [0.3, 0.4) is 0 Å². The first-order chi connectivity index (χ1) is 9.08. The van der Waals surface area contributed by atoms with Crippen LogP contribution in [0.25, 0.3) is 5.69 Å². The van der Waals surface area contributed by atoms with Gasteiger partial charge in [-0.1, -0.05) is 11.6 Å². The van der Waals surface area contributed by atoms with Crippen molar-refractivity contribution in [1.29, 1.82) is 0 Å². The van der Waals surface area contributed by atoms with Crippen molar-refractivity contribution in [2.75, 3.05) is 0 Å². The molecule has 1 unspecified atom stereocenters. The van der Waals surface area contributed by atoms with E-state index in [1.807, 2.05) is 18.2 Å². The quantitative estimate of drug-likeness (QED) is 0.808. The Balaban J connectivity index is 2.23. The molecular formula is C15H15BrClNO. The van der Waals surface area contributed by atoms with Crippen LogP contribution in [0.4, 0.5) is 0 Å². The molecule has 0 fully saturated rings. The van der Waals surface area contributed by atoms with Gasteiger partial charge in [-0.05, 0) is 66.4 Å². The predicted molar refractivity (Wildman–Crippen MR) is 81.1 cm³/mol. The van der Waals surface area contributed by atoms with E-state index in [4.69, 9.17) is 11.6 Å². The maximum Gasteiger partial charge on any atom is 0.0807 e. The smallest absolute Gasteiger partial charge is 0.0807 e. The van der Waals surface area contributed by atoms with Crippen LogP contribution in [0, 0.1) is 6.92 Å². The molecule has 0 spiro atoms. The van der Waals surface area contributed by atoms with Gasteiger partial charge in [-0.15, -0.1) is 0 Å². The van der Waals surface area contributed by atoms with Crippen LogP contribution >= 0.6 is 27.5 Å². The number of hydrogen-bond acceptors (Lipinski definition) is 1. The summed E-state index contributed by atoms with van der Waals surface area (Å²) in [6, 6.07) is 7.88. The highest BCUT2D eigenvalue weighted by Crippen LogP contribution is 2.36. The Morgan fingerprint density at radius 2 is 2.16 bits per heavy atom. The molecule has 2 nitrogen and oxygen atoms in total. The average Bonchev–Trinajstić information content (AvgIpc) is 2.70. The number of aromatic nitrogens is 1. The van der Waals surface area contributed by atoms with E-state index in [0.717, 1.165) is 45.7 Å². The van der Waals surface area contributed by atoms with E-state index in [9.17, 15) is 5.11 Å². The van der Waals surface area contributed by atoms with Gasteiger partial charge in [0.1, 0.15) is 0 Å². The second-order valence-electron chi connectivity index (χ2n) is 5.03. The van der Waals surface area contributed by atoms with E-state index >= 15 is 0 Å². The Kier molecular flexibility index (Phi) is 3.46. The Hall–Kier alpha value is -0.770. The summed E-state index contributed by atoms with van der Waals surface area (Å²) in [4.78, 5) is 0. The van der Waals surface area contributed by atoms with Crippen molar-refractivity contribution in [3.63, 3.8) is 0 Å². The summed E-state index contributed by atoms with van der Waals surface area (Å²) < 4.78 is 3.21. The van der Waals surface area contributed by atoms with Crippen LogP contribution in [-0.2, 0) is 6.42 Å². The third-order valence-corrected chi connectivity index (χ3v) is 4.63. The summed E-state index contributed by atoms with van der Waals surface area (Å²) in [5.41, 5.74) is 4.45. The van der Waals surface area contributed by atoms with Crippen molar-refractivity contribution in [3.05, 3.63) is 50.7 Å². The highest BCUT2D eigenvalue weighted by molar-refractivity contribution is 9.10. The van der Waals surface area contributed by atoms with Gasteiger partial charge in [-0.2, -0.15) is 0 Å². The van der Waals surface area contributed by atoms with Crippen molar-refractivity contribution >= 4 is 27.5 Å². The molecule has 0 radical (unpaired) electrons. The fourth-order valence-corrected chi connectivity index (χ4v) is 3.46. The summed E-state index contributed by atoms with van der Waals surface area (Å²) in [6.07, 6.45) is 2.55. The number of nitrogens with zero attached hydrogens (tertiary/aromatic N) is 1. The summed E-state index contributed by atoms with van der Waals surface area (Å²) in [7, 11) is 0. The predicted octanol–water partition coefficient (Wildman–Crippen LogP) is 4.57. The molecule has 1 heterocycles. The molecule has 1 aromatic heterocycles. The molecule has 1 aliphatic rings. The summed E-state index contributed by atoms with van der Waals surface area (Å²) in [5, 5.41) is 10.8. The van der Waals surface area contributed by atoms with Crippen LogP contribution in [0.2, 0.25) is 5.02 Å². The van der Waals surface area contributed by atoms with Crippen LogP contribution in [0.1, 0.15) is 35.9 Å². The third-order valence-electron chi connectivity index (χ3n) is 3.72. The van der Waals surface area contributed by atoms with E-state index < -0.39 is 0 Å². The highest BCUT2D eigenvalue weighted by atomic mass is 79.9. The van der Waals surface area contributed by atoms with Gasteiger partial charge in [-0.3, -0.25) is 0 Å². The Morgan fingerprint density at radius 3 is 2.95 bits per heavy atom. The van der Waals surface area contributed by atoms with Gasteiger partial charge in [0.2, 0.25) is 0 Å². The molecule has 0 aliphatic heterocycles. The summed E-state index contributed by atoms with van der Waals surface area (Å²) >= 11 is 9.70. The van der Waals surface area contributed by atoms with E-state index in [-0.39, 0.29) is 6.10 Å². The van der Waals surface area contributed by atoms with Crippen LogP contribution in [0.5, 0.6) is 0 Å². The number of rotatable bonds is 1. The Morgan fingerprint density at radius 1 is 1.37 bits per heavy atom. The van der Waals surface area contributed by atoms with Gasteiger partial charge in [0.05, 0.1) is 11.8 Å². The lowest BCUT2D eigenvalue weighted by molar-refractivity contribution is 0.156. The molecule has 0 saturated carbocycles. The fraction of sp³-hybridized carbons (Fsp3) is 0.333. The second kappa shape index (κ2) is 4.97. The normalized spacial score (nSPS) is 18.4. The molecule has 1 aliphatic carbocycles. The third kappa shape index (κ3) is 2.24. The molecule has 0 bridgehead atoms. The Labute approximate surface area is 126 Å².